The van der Waals surface area contributed by atoms with Crippen molar-refractivity contribution < 1.29 is 33.6 Å². The number of hydrogen-bond donors (Lipinski definition) is 1. The second-order valence-electron chi connectivity index (χ2n) is 8.67. The molecule has 0 radical (unpaired) electrons. The molecule has 0 aromatic heterocycles. The number of carbonyl (C=O) groups excluding carboxylic acids is 2. The van der Waals surface area contributed by atoms with E-state index in [1.165, 1.54) is 19.1 Å². The van der Waals surface area contributed by atoms with Crippen LogP contribution in [-0.4, -0.2) is 62.3 Å². The molecule has 8 nitrogen and oxygen atoms in total. The SMILES string of the molecule is CCOc1ccc(C2/C(=C(\O)c3ccc(OCC)c(C(C)C)c3)C(=O)C(=O)N2CCOC)cc1OC. The number of ether oxygens (including phenoxy) is 4. The van der Waals surface area contributed by atoms with Crippen molar-refractivity contribution in [2.45, 2.75) is 39.7 Å². The molecule has 8 heteroatoms. The molecule has 0 bridgehead atoms. The van der Waals surface area contributed by atoms with E-state index in [9.17, 15) is 14.7 Å². The minimum Gasteiger partial charge on any atom is -0.507 e. The van der Waals surface area contributed by atoms with E-state index in [2.05, 4.69) is 0 Å². The molecule has 3 rings (SSSR count). The molecular formula is C28H35NO7. The average Bonchev–Trinajstić information content (AvgIpc) is 3.12. The van der Waals surface area contributed by atoms with E-state index in [0.29, 0.717) is 35.8 Å². The number of Topliss-reactive ketones (excluding diaryl/α,β-unsaturated/α-hetero) is 1. The van der Waals surface area contributed by atoms with E-state index in [0.717, 1.165) is 11.3 Å². The Balaban J connectivity index is 2.20. The van der Waals surface area contributed by atoms with Crippen LogP contribution in [-0.2, 0) is 14.3 Å². The Labute approximate surface area is 212 Å². The van der Waals surface area contributed by atoms with Gasteiger partial charge in [-0.25, -0.2) is 0 Å². The van der Waals surface area contributed by atoms with Gasteiger partial charge in [-0.1, -0.05) is 19.9 Å². The summed E-state index contributed by atoms with van der Waals surface area (Å²) in [5, 5.41) is 11.4. The zero-order valence-electron chi connectivity index (χ0n) is 21.8. The predicted molar refractivity (Wildman–Crippen MR) is 137 cm³/mol. The van der Waals surface area contributed by atoms with Gasteiger partial charge < -0.3 is 29.0 Å². The van der Waals surface area contributed by atoms with Gasteiger partial charge in [0.05, 0.1) is 38.5 Å². The maximum atomic E-state index is 13.3. The highest BCUT2D eigenvalue weighted by Crippen LogP contribution is 2.42. The Hall–Kier alpha value is -3.52. The molecule has 1 heterocycles. The van der Waals surface area contributed by atoms with Crippen LogP contribution in [0, 0.1) is 0 Å². The van der Waals surface area contributed by atoms with Crippen LogP contribution < -0.4 is 14.2 Å². The van der Waals surface area contributed by atoms with Crippen LogP contribution in [0.15, 0.2) is 42.0 Å². The number of amides is 1. The number of ketones is 1. The van der Waals surface area contributed by atoms with Gasteiger partial charge in [0.15, 0.2) is 11.5 Å². The number of likely N-dealkylation sites (tertiary alicyclic amines) is 1. The lowest BCUT2D eigenvalue weighted by atomic mass is 9.93. The molecule has 0 saturated carbocycles. The fourth-order valence-corrected chi connectivity index (χ4v) is 4.37. The van der Waals surface area contributed by atoms with Gasteiger partial charge in [-0.3, -0.25) is 9.59 Å². The van der Waals surface area contributed by atoms with E-state index in [-0.39, 0.29) is 30.4 Å². The van der Waals surface area contributed by atoms with Crippen molar-refractivity contribution >= 4 is 17.4 Å². The molecule has 0 spiro atoms. The molecule has 194 valence electrons. The van der Waals surface area contributed by atoms with Crippen LogP contribution in [0.3, 0.4) is 0 Å². The van der Waals surface area contributed by atoms with Gasteiger partial charge in [0.2, 0.25) is 0 Å². The predicted octanol–water partition coefficient (Wildman–Crippen LogP) is 4.68. The maximum absolute atomic E-state index is 13.3. The number of methoxy groups -OCH3 is 2. The summed E-state index contributed by atoms with van der Waals surface area (Å²) >= 11 is 0. The molecule has 1 aliphatic rings. The summed E-state index contributed by atoms with van der Waals surface area (Å²) in [6.07, 6.45) is 0. The number of rotatable bonds is 11. The van der Waals surface area contributed by atoms with Crippen LogP contribution >= 0.6 is 0 Å². The largest absolute Gasteiger partial charge is 0.507 e. The maximum Gasteiger partial charge on any atom is 0.295 e. The highest BCUT2D eigenvalue weighted by molar-refractivity contribution is 6.46. The summed E-state index contributed by atoms with van der Waals surface area (Å²) < 4.78 is 22.0. The van der Waals surface area contributed by atoms with Gasteiger partial charge in [0.1, 0.15) is 11.5 Å². The minimum absolute atomic E-state index is 0.0150. The normalized spacial score (nSPS) is 17.1. The van der Waals surface area contributed by atoms with Crippen LogP contribution in [0.5, 0.6) is 17.2 Å². The monoisotopic (exact) mass is 497 g/mol. The second kappa shape index (κ2) is 11.9. The number of hydrogen-bond acceptors (Lipinski definition) is 7. The zero-order chi connectivity index (χ0) is 26.4. The van der Waals surface area contributed by atoms with Crippen molar-refractivity contribution in [3.8, 4) is 17.2 Å². The van der Waals surface area contributed by atoms with Crippen LogP contribution in [0.2, 0.25) is 0 Å². The Morgan fingerprint density at radius 1 is 0.972 bits per heavy atom. The van der Waals surface area contributed by atoms with Gasteiger partial charge in [-0.15, -0.1) is 0 Å². The Morgan fingerprint density at radius 3 is 2.25 bits per heavy atom. The Bertz CT molecular complexity index is 1140. The molecule has 2 aromatic carbocycles. The Morgan fingerprint density at radius 2 is 1.64 bits per heavy atom. The van der Waals surface area contributed by atoms with Crippen molar-refractivity contribution in [3.05, 3.63) is 58.7 Å². The van der Waals surface area contributed by atoms with E-state index >= 15 is 0 Å². The van der Waals surface area contributed by atoms with Gasteiger partial charge in [-0.2, -0.15) is 0 Å². The topological polar surface area (TPSA) is 94.5 Å². The average molecular weight is 498 g/mol. The molecule has 1 atom stereocenters. The molecule has 1 N–H and O–H groups in total. The van der Waals surface area contributed by atoms with E-state index < -0.39 is 17.7 Å². The van der Waals surface area contributed by atoms with Crippen molar-refractivity contribution in [1.29, 1.82) is 0 Å². The first kappa shape index (κ1) is 27.1. The van der Waals surface area contributed by atoms with Crippen LogP contribution in [0.4, 0.5) is 0 Å². The van der Waals surface area contributed by atoms with E-state index in [4.69, 9.17) is 18.9 Å². The third-order valence-electron chi connectivity index (χ3n) is 6.08. The van der Waals surface area contributed by atoms with E-state index in [1.54, 1.807) is 30.3 Å². The van der Waals surface area contributed by atoms with Crippen molar-refractivity contribution in [1.82, 2.24) is 4.90 Å². The third-order valence-corrected chi connectivity index (χ3v) is 6.08. The lowest BCUT2D eigenvalue weighted by molar-refractivity contribution is -0.140. The first-order valence-electron chi connectivity index (χ1n) is 12.1. The van der Waals surface area contributed by atoms with Crippen molar-refractivity contribution in [2.75, 3.05) is 40.6 Å². The fraction of sp³-hybridized carbons (Fsp3) is 0.429. The molecular weight excluding hydrogens is 462 g/mol. The summed E-state index contributed by atoms with van der Waals surface area (Å²) in [5.74, 6) is 0.173. The first-order valence-corrected chi connectivity index (χ1v) is 12.1. The molecule has 36 heavy (non-hydrogen) atoms. The van der Waals surface area contributed by atoms with Gasteiger partial charge in [0, 0.05) is 19.2 Å². The highest BCUT2D eigenvalue weighted by Gasteiger charge is 2.46. The molecule has 1 aliphatic heterocycles. The number of nitrogens with zero attached hydrogens (tertiary/aromatic N) is 1. The second-order valence-corrected chi connectivity index (χ2v) is 8.67. The minimum atomic E-state index is -0.821. The van der Waals surface area contributed by atoms with Crippen molar-refractivity contribution in [3.63, 3.8) is 0 Å². The summed E-state index contributed by atoms with van der Waals surface area (Å²) in [7, 11) is 3.05. The quantitative estimate of drug-likeness (QED) is 0.274. The molecule has 2 aromatic rings. The molecule has 0 aliphatic carbocycles. The summed E-state index contributed by atoms with van der Waals surface area (Å²) in [6.45, 7) is 9.21. The number of benzene rings is 2. The Kier molecular flexibility index (Phi) is 8.98. The molecule has 1 amide bonds. The molecule has 1 fully saturated rings. The lowest BCUT2D eigenvalue weighted by Crippen LogP contribution is -2.32. The number of aliphatic hydroxyl groups excluding tert-OH is 1. The molecule has 1 unspecified atom stereocenters. The number of carbonyl (C=O) groups is 2. The van der Waals surface area contributed by atoms with Crippen LogP contribution in [0.1, 0.15) is 56.3 Å². The fourth-order valence-electron chi connectivity index (χ4n) is 4.37. The smallest absolute Gasteiger partial charge is 0.295 e. The third kappa shape index (κ3) is 5.33. The summed E-state index contributed by atoms with van der Waals surface area (Å²) in [6, 6.07) is 9.71. The first-order chi connectivity index (χ1) is 17.3. The van der Waals surface area contributed by atoms with E-state index in [1.807, 2.05) is 33.8 Å². The highest BCUT2D eigenvalue weighted by atomic mass is 16.5. The summed E-state index contributed by atoms with van der Waals surface area (Å²) in [4.78, 5) is 27.8. The van der Waals surface area contributed by atoms with Crippen LogP contribution in [0.25, 0.3) is 5.76 Å². The van der Waals surface area contributed by atoms with Gasteiger partial charge >= 0.3 is 0 Å². The molecule has 1 saturated heterocycles. The van der Waals surface area contributed by atoms with Gasteiger partial charge in [0.25, 0.3) is 11.7 Å². The van der Waals surface area contributed by atoms with Crippen molar-refractivity contribution in [2.24, 2.45) is 0 Å². The number of aliphatic hydroxyl groups is 1. The van der Waals surface area contributed by atoms with Gasteiger partial charge in [-0.05, 0) is 61.2 Å². The summed E-state index contributed by atoms with van der Waals surface area (Å²) in [5.41, 5.74) is 1.96. The lowest BCUT2D eigenvalue weighted by Gasteiger charge is -2.26. The zero-order valence-corrected chi connectivity index (χ0v) is 21.8. The standard InChI is InChI=1S/C28H35NO7/c1-7-35-21-11-10-19(15-20(21)17(3)4)26(30)24-25(29(13-14-33-5)28(32)27(24)31)18-9-12-22(36-8-2)23(16-18)34-6/h9-12,15-17,25,30H,7-8,13-14H2,1-6H3/b26-24+.